The Bertz CT molecular complexity index is 25.0. The van der Waals surface area contributed by atoms with E-state index < -0.39 is 0 Å². The predicted octanol–water partition coefficient (Wildman–Crippen LogP) is 2.75. The Morgan fingerprint density at radius 1 is 0.625 bits per heavy atom. The standard InChI is InChI=1S/C8H14/c1-3-5-7-8-6-4-2/h1-2H,3-8H2. The molecule has 0 saturated heterocycles. The monoisotopic (exact) mass is 110 g/mol. The molecule has 4 radical (unpaired) electrons. The fourth-order valence-electron chi connectivity index (χ4n) is 0.642. The summed E-state index contributed by atoms with van der Waals surface area (Å²) in [5, 5.41) is 0. The van der Waals surface area contributed by atoms with Crippen LogP contribution in [0.15, 0.2) is 0 Å². The van der Waals surface area contributed by atoms with Crippen LogP contribution in [0.5, 0.6) is 0 Å². The zero-order valence-electron chi connectivity index (χ0n) is 5.40. The minimum absolute atomic E-state index is 0.824. The first-order valence-electron chi connectivity index (χ1n) is 3.32. The number of hydrogen-bond acceptors (Lipinski definition) is 0. The van der Waals surface area contributed by atoms with Crippen LogP contribution >= 0.6 is 0 Å². The third-order valence-corrected chi connectivity index (χ3v) is 1.16. The summed E-state index contributed by atoms with van der Waals surface area (Å²) in [6, 6.07) is 0. The lowest BCUT2D eigenvalue weighted by Crippen LogP contribution is -1.74. The van der Waals surface area contributed by atoms with Crippen LogP contribution in [-0.4, -0.2) is 0 Å². The van der Waals surface area contributed by atoms with Crippen LogP contribution in [0.3, 0.4) is 0 Å². The van der Waals surface area contributed by atoms with Gasteiger partial charge in [-0.3, -0.25) is 0 Å². The fourth-order valence-corrected chi connectivity index (χ4v) is 0.642. The summed E-state index contributed by atoms with van der Waals surface area (Å²) in [7, 11) is 0. The molecule has 0 aromatic carbocycles. The van der Waals surface area contributed by atoms with Crippen LogP contribution in [-0.2, 0) is 0 Å². The summed E-state index contributed by atoms with van der Waals surface area (Å²) in [4.78, 5) is 0. The van der Waals surface area contributed by atoms with Gasteiger partial charge in [-0.25, -0.2) is 0 Å². The summed E-state index contributed by atoms with van der Waals surface area (Å²) in [5.74, 6) is 0. The molecule has 0 aromatic rings. The van der Waals surface area contributed by atoms with Gasteiger partial charge in [-0.1, -0.05) is 25.7 Å². The van der Waals surface area contributed by atoms with Gasteiger partial charge in [0, 0.05) is 0 Å². The van der Waals surface area contributed by atoms with Gasteiger partial charge in [-0.2, -0.15) is 0 Å². The van der Waals surface area contributed by atoms with Crippen molar-refractivity contribution in [3.63, 3.8) is 0 Å². The Kier molecular flexibility index (Phi) is 7.00. The smallest absolute Gasteiger partial charge is 0.0352 e. The van der Waals surface area contributed by atoms with E-state index in [0.29, 0.717) is 0 Å². The highest BCUT2D eigenvalue weighted by Gasteiger charge is 1.83. The molecule has 0 N–H and O–H groups in total. The minimum atomic E-state index is 0.824. The van der Waals surface area contributed by atoms with E-state index in [9.17, 15) is 0 Å². The van der Waals surface area contributed by atoms with Gasteiger partial charge in [-0.05, 0) is 26.7 Å². The van der Waals surface area contributed by atoms with Crippen molar-refractivity contribution >= 4 is 0 Å². The largest absolute Gasteiger partial charge is 0.0533 e. The molecule has 0 rings (SSSR count). The molecule has 0 aliphatic rings. The lowest BCUT2D eigenvalue weighted by Gasteiger charge is -1.93. The second kappa shape index (κ2) is 7.00. The maximum atomic E-state index is 5.28. The maximum Gasteiger partial charge on any atom is -0.0352 e. The quantitative estimate of drug-likeness (QED) is 0.477. The van der Waals surface area contributed by atoms with Crippen molar-refractivity contribution in [1.82, 2.24) is 0 Å². The van der Waals surface area contributed by atoms with Gasteiger partial charge in [0.05, 0.1) is 0 Å². The Balaban J connectivity index is 2.53. The van der Waals surface area contributed by atoms with E-state index in [1.165, 1.54) is 12.8 Å². The summed E-state index contributed by atoms with van der Waals surface area (Å²) in [6.45, 7) is 10.6. The van der Waals surface area contributed by atoms with E-state index in [1.807, 2.05) is 0 Å². The van der Waals surface area contributed by atoms with Gasteiger partial charge in [-0.15, -0.1) is 0 Å². The molecule has 0 aromatic heterocycles. The minimum Gasteiger partial charge on any atom is -0.0533 e. The number of hydrogen-bond donors (Lipinski definition) is 0. The molecule has 0 bridgehead atoms. The van der Waals surface area contributed by atoms with E-state index >= 15 is 0 Å². The first-order valence-corrected chi connectivity index (χ1v) is 3.32. The maximum absolute atomic E-state index is 5.28. The van der Waals surface area contributed by atoms with E-state index in [0.717, 1.165) is 25.7 Å². The van der Waals surface area contributed by atoms with Crippen molar-refractivity contribution in [2.24, 2.45) is 0 Å². The van der Waals surface area contributed by atoms with Crippen molar-refractivity contribution in [1.29, 1.82) is 0 Å². The van der Waals surface area contributed by atoms with E-state index in [4.69, 9.17) is 13.8 Å². The van der Waals surface area contributed by atoms with Crippen LogP contribution in [0.2, 0.25) is 0 Å². The average molecular weight is 110 g/mol. The van der Waals surface area contributed by atoms with Crippen LogP contribution in [0.1, 0.15) is 38.5 Å². The Morgan fingerprint density at radius 3 is 1.25 bits per heavy atom. The van der Waals surface area contributed by atoms with Crippen molar-refractivity contribution < 1.29 is 0 Å². The molecule has 0 aliphatic carbocycles. The molecule has 0 unspecified atom stereocenters. The van der Waals surface area contributed by atoms with E-state index in [1.54, 1.807) is 0 Å². The molecule has 0 heteroatoms. The first-order chi connectivity index (χ1) is 3.91. The van der Waals surface area contributed by atoms with Crippen molar-refractivity contribution in [3.05, 3.63) is 13.8 Å². The van der Waals surface area contributed by atoms with Gasteiger partial charge >= 0.3 is 0 Å². The van der Waals surface area contributed by atoms with Gasteiger partial charge < -0.3 is 0 Å². The highest BCUT2D eigenvalue weighted by atomic mass is 13.9. The topological polar surface area (TPSA) is 0 Å². The van der Waals surface area contributed by atoms with Crippen LogP contribution < -0.4 is 0 Å². The van der Waals surface area contributed by atoms with E-state index in [2.05, 4.69) is 0 Å². The second-order valence-electron chi connectivity index (χ2n) is 1.99. The van der Waals surface area contributed by atoms with Crippen LogP contribution in [0.25, 0.3) is 0 Å². The normalized spacial score (nSPS) is 9.75. The molecule has 8 heavy (non-hydrogen) atoms. The van der Waals surface area contributed by atoms with Crippen LogP contribution in [0, 0.1) is 13.8 Å². The Labute approximate surface area is 53.3 Å². The van der Waals surface area contributed by atoms with Crippen molar-refractivity contribution in [2.45, 2.75) is 38.5 Å². The molecule has 0 saturated carbocycles. The van der Waals surface area contributed by atoms with Crippen molar-refractivity contribution in [2.75, 3.05) is 0 Å². The average Bonchev–Trinajstić information content (AvgIpc) is 1.81. The summed E-state index contributed by atoms with van der Waals surface area (Å²) in [6.07, 6.45) is 6.44. The van der Waals surface area contributed by atoms with Gasteiger partial charge in [0.25, 0.3) is 0 Å². The first kappa shape index (κ1) is 8.00. The lowest BCUT2D eigenvalue weighted by molar-refractivity contribution is 0.651. The summed E-state index contributed by atoms with van der Waals surface area (Å²) < 4.78 is 0. The summed E-state index contributed by atoms with van der Waals surface area (Å²) >= 11 is 0. The van der Waals surface area contributed by atoms with Gasteiger partial charge in [0.15, 0.2) is 0 Å². The molecule has 0 fully saturated rings. The predicted molar refractivity (Wildman–Crippen MR) is 36.3 cm³/mol. The molecular weight excluding hydrogens is 96.1 g/mol. The highest BCUT2D eigenvalue weighted by molar-refractivity contribution is 4.46. The van der Waals surface area contributed by atoms with Crippen molar-refractivity contribution in [3.8, 4) is 0 Å². The zero-order valence-corrected chi connectivity index (χ0v) is 5.40. The highest BCUT2D eigenvalue weighted by Crippen LogP contribution is 2.02. The molecule has 46 valence electrons. The SMILES string of the molecule is [CH]CCCCCC[CH]. The lowest BCUT2D eigenvalue weighted by atomic mass is 10.1. The second-order valence-corrected chi connectivity index (χ2v) is 1.99. The molecule has 0 heterocycles. The molecule has 0 aliphatic heterocycles. The Hall–Kier alpha value is 0. The molecular formula is C8H14. The van der Waals surface area contributed by atoms with Gasteiger partial charge in [0.2, 0.25) is 0 Å². The molecule has 0 amide bonds. The molecule has 0 spiro atoms. The fraction of sp³-hybridized carbons (Fsp3) is 0.750. The van der Waals surface area contributed by atoms with E-state index in [-0.39, 0.29) is 0 Å². The third kappa shape index (κ3) is 6.00. The van der Waals surface area contributed by atoms with Crippen LogP contribution in [0.4, 0.5) is 0 Å². The molecule has 0 nitrogen and oxygen atoms in total. The molecule has 0 atom stereocenters. The number of rotatable bonds is 5. The number of unbranched alkanes of at least 4 members (excludes halogenated alkanes) is 5. The van der Waals surface area contributed by atoms with Gasteiger partial charge in [0.1, 0.15) is 0 Å². The zero-order chi connectivity index (χ0) is 6.24. The Morgan fingerprint density at radius 2 is 1.00 bits per heavy atom. The summed E-state index contributed by atoms with van der Waals surface area (Å²) in [5.41, 5.74) is 0. The third-order valence-electron chi connectivity index (χ3n) is 1.16.